The van der Waals surface area contributed by atoms with Gasteiger partial charge in [0.15, 0.2) is 0 Å². The summed E-state index contributed by atoms with van der Waals surface area (Å²) in [5.74, 6) is 0. The summed E-state index contributed by atoms with van der Waals surface area (Å²) in [7, 11) is 0. The van der Waals surface area contributed by atoms with Gasteiger partial charge in [0.25, 0.3) is 0 Å². The van der Waals surface area contributed by atoms with E-state index in [1.165, 1.54) is 13.8 Å². The predicted octanol–water partition coefficient (Wildman–Crippen LogP) is 15.0. The molecule has 0 amide bonds. The Balaban J connectivity index is 1.32. The van der Waals surface area contributed by atoms with E-state index in [9.17, 15) is 19.2 Å². The van der Waals surface area contributed by atoms with Crippen molar-refractivity contribution >= 4 is 54.3 Å². The summed E-state index contributed by atoms with van der Waals surface area (Å²) in [5.41, 5.74) is -5.54. The highest BCUT2D eigenvalue weighted by Gasteiger charge is 2.35. The van der Waals surface area contributed by atoms with Crippen LogP contribution in [0.15, 0.2) is 162 Å². The lowest BCUT2D eigenvalue weighted by atomic mass is 9.81. The molecule has 1 heterocycles. The Morgan fingerprint density at radius 3 is 1.70 bits per heavy atom. The van der Waals surface area contributed by atoms with Crippen molar-refractivity contribution in [1.82, 2.24) is 0 Å². The van der Waals surface area contributed by atoms with E-state index < -0.39 is 226 Å². The van der Waals surface area contributed by atoms with Gasteiger partial charge in [0.05, 0.1) is 35.6 Å². The maximum Gasteiger partial charge on any atom is 0.136 e. The van der Waals surface area contributed by atoms with E-state index >= 15 is 0 Å². The van der Waals surface area contributed by atoms with E-state index in [0.29, 0.717) is 0 Å². The first-order valence-corrected chi connectivity index (χ1v) is 16.9. The van der Waals surface area contributed by atoms with Gasteiger partial charge in [0.2, 0.25) is 0 Å². The zero-order valence-corrected chi connectivity index (χ0v) is 28.9. The van der Waals surface area contributed by atoms with Crippen molar-refractivity contribution in [2.24, 2.45) is 0 Å². The molecule has 256 valence electrons. The first-order chi connectivity index (χ1) is 37.2. The van der Waals surface area contributed by atoms with Crippen molar-refractivity contribution in [1.29, 1.82) is 0 Å². The summed E-state index contributed by atoms with van der Waals surface area (Å²) in [4.78, 5) is 0. The standard InChI is InChI=1S/C53H38O/c1-31-17-21-39-44-28-35(19-23-47(44)53(3,4)48(39)25-31)38-22-18-36(26-32(38)2)51-40-13-7-9-15-42(40)52(43-16-10-8-14-41(43)51)37-20-24-49-45(29-37)46-27-33-11-5-6-12-34(33)30-50(46)54-49/h5-30H,1-4H3/i5D,6D,7D,8D,9D,10D,11D,12D,13D,14D,15D,16D,17D,18D,19D,20D,21D,22D,23D,24D,25D,26D,27D,28D,29D,30D. The third-order valence-corrected chi connectivity index (χ3v) is 10.0. The second-order valence-corrected chi connectivity index (χ2v) is 13.6. The van der Waals surface area contributed by atoms with Crippen molar-refractivity contribution in [2.75, 3.05) is 0 Å². The zero-order chi connectivity index (χ0) is 58.9. The molecule has 0 saturated carbocycles. The number of fused-ring (bicyclic) bond motifs is 9. The molecule has 0 saturated heterocycles. The summed E-state index contributed by atoms with van der Waals surface area (Å²) in [6.07, 6.45) is 0. The van der Waals surface area contributed by atoms with Crippen molar-refractivity contribution in [3.8, 4) is 44.5 Å². The lowest BCUT2D eigenvalue weighted by Gasteiger charge is -2.22. The van der Waals surface area contributed by atoms with E-state index in [1.54, 1.807) is 13.8 Å². The molecule has 54 heavy (non-hydrogen) atoms. The summed E-state index contributed by atoms with van der Waals surface area (Å²) >= 11 is 0. The van der Waals surface area contributed by atoms with Crippen LogP contribution in [0.3, 0.4) is 0 Å². The first kappa shape index (κ1) is 14.8. The predicted molar refractivity (Wildman–Crippen MR) is 230 cm³/mol. The Hall–Kier alpha value is -6.44. The number of benzene rings is 9. The maximum atomic E-state index is 9.90. The molecule has 0 radical (unpaired) electrons. The van der Waals surface area contributed by atoms with E-state index in [4.69, 9.17) is 20.9 Å². The van der Waals surface area contributed by atoms with Crippen LogP contribution in [0.25, 0.3) is 98.8 Å². The van der Waals surface area contributed by atoms with Crippen LogP contribution in [0.1, 0.15) is 71.7 Å². The summed E-state index contributed by atoms with van der Waals surface area (Å²) in [5, 5.41) is -4.37. The average Bonchev–Trinajstić information content (AvgIpc) is 3.45. The third kappa shape index (κ3) is 4.45. The van der Waals surface area contributed by atoms with Gasteiger partial charge in [-0.3, -0.25) is 0 Å². The molecule has 0 unspecified atom stereocenters. The fraction of sp³-hybridized carbons (Fsp3) is 0.0943. The molecule has 0 N–H and O–H groups in total. The Bertz CT molecular complexity index is 4600. The van der Waals surface area contributed by atoms with Crippen LogP contribution in [-0.4, -0.2) is 0 Å². The molecular weight excluding hydrogens is 653 g/mol. The van der Waals surface area contributed by atoms with Gasteiger partial charge in [-0.05, 0) is 138 Å². The number of rotatable bonds is 3. The highest BCUT2D eigenvalue weighted by atomic mass is 16.3. The van der Waals surface area contributed by atoms with Crippen LogP contribution in [0.4, 0.5) is 0 Å². The molecule has 0 fully saturated rings. The lowest BCUT2D eigenvalue weighted by Crippen LogP contribution is -2.15. The summed E-state index contributed by atoms with van der Waals surface area (Å²) in [6, 6.07) is -19.1. The van der Waals surface area contributed by atoms with Gasteiger partial charge < -0.3 is 4.42 Å². The largest absolute Gasteiger partial charge is 0.456 e. The van der Waals surface area contributed by atoms with E-state index in [-0.39, 0.29) is 57.1 Å². The van der Waals surface area contributed by atoms with E-state index in [0.717, 1.165) is 0 Å². The highest BCUT2D eigenvalue weighted by Crippen LogP contribution is 2.51. The average molecular weight is 717 g/mol. The van der Waals surface area contributed by atoms with Gasteiger partial charge in [0, 0.05) is 16.2 Å². The molecule has 1 nitrogen and oxygen atoms in total. The minimum absolute atomic E-state index is 0.000389. The van der Waals surface area contributed by atoms with Crippen molar-refractivity contribution in [3.05, 3.63) is 179 Å². The molecule has 0 atom stereocenters. The van der Waals surface area contributed by atoms with E-state index in [2.05, 4.69) is 0 Å². The smallest absolute Gasteiger partial charge is 0.136 e. The van der Waals surface area contributed by atoms with Crippen LogP contribution < -0.4 is 0 Å². The Morgan fingerprint density at radius 1 is 0.426 bits per heavy atom. The summed E-state index contributed by atoms with van der Waals surface area (Å²) in [6.45, 7) is 6.11. The van der Waals surface area contributed by atoms with Crippen LogP contribution in [0.5, 0.6) is 0 Å². The number of furan rings is 1. The molecule has 10 aromatic rings. The van der Waals surface area contributed by atoms with Gasteiger partial charge >= 0.3 is 0 Å². The minimum atomic E-state index is -1.23. The molecule has 0 spiro atoms. The second kappa shape index (κ2) is 11.3. The fourth-order valence-electron chi connectivity index (χ4n) is 7.45. The first-order valence-electron chi connectivity index (χ1n) is 29.9. The molecular formula is C53H38O. The van der Waals surface area contributed by atoms with Crippen LogP contribution in [0.2, 0.25) is 0 Å². The lowest BCUT2D eigenvalue weighted by molar-refractivity contribution is 0.660. The molecule has 0 bridgehead atoms. The van der Waals surface area contributed by atoms with Gasteiger partial charge in [0.1, 0.15) is 11.2 Å². The van der Waals surface area contributed by atoms with Gasteiger partial charge in [-0.15, -0.1) is 0 Å². The molecule has 11 rings (SSSR count). The SMILES string of the molecule is [2H]c1c([2H])c2c(c([2H])c1C)C(C)(C)c1c([2H])c([2H])c(-c3c([2H])c([2H])c(-c4c5c([2H])c([2H])c([2H])c([2H])c5c(-c5c([2H])c([2H])c6oc7c([2H])c8c([2H])c([2H])c([2H])c([2H])c8c([2H])c7c6c5[2H])c5c([2H])c([2H])c([2H])c([2H])c45)c([2H])c3C)c([2H])c1-2. The molecule has 1 aliphatic rings. The van der Waals surface area contributed by atoms with E-state index in [1.807, 2.05) is 0 Å². The Morgan fingerprint density at radius 2 is 1.00 bits per heavy atom. The zero-order valence-electron chi connectivity index (χ0n) is 54.9. The molecule has 1 aromatic heterocycles. The minimum Gasteiger partial charge on any atom is -0.456 e. The van der Waals surface area contributed by atoms with Gasteiger partial charge in [-0.2, -0.15) is 0 Å². The molecule has 0 aliphatic heterocycles. The van der Waals surface area contributed by atoms with Crippen molar-refractivity contribution < 1.29 is 40.1 Å². The molecule has 9 aromatic carbocycles. The van der Waals surface area contributed by atoms with Crippen molar-refractivity contribution in [3.63, 3.8) is 0 Å². The van der Waals surface area contributed by atoms with Gasteiger partial charge in [-0.25, -0.2) is 0 Å². The van der Waals surface area contributed by atoms with Gasteiger partial charge in [-0.1, -0.05) is 146 Å². The monoisotopic (exact) mass is 716 g/mol. The topological polar surface area (TPSA) is 13.1 Å². The Labute approximate surface area is 351 Å². The maximum absolute atomic E-state index is 9.90. The molecule has 1 aliphatic carbocycles. The molecule has 1 heteroatoms. The van der Waals surface area contributed by atoms with Crippen LogP contribution in [0, 0.1) is 13.8 Å². The quantitative estimate of drug-likeness (QED) is 0.166. The van der Waals surface area contributed by atoms with Crippen LogP contribution in [-0.2, 0) is 5.41 Å². The second-order valence-electron chi connectivity index (χ2n) is 13.6. The normalized spacial score (nSPS) is 20.1. The Kier molecular flexibility index (Phi) is 3.08. The third-order valence-electron chi connectivity index (χ3n) is 10.0. The highest BCUT2D eigenvalue weighted by molar-refractivity contribution is 6.22. The number of hydrogen-bond acceptors (Lipinski definition) is 1. The summed E-state index contributed by atoms with van der Waals surface area (Å²) < 4.78 is 246. The fourth-order valence-corrected chi connectivity index (χ4v) is 7.45. The van der Waals surface area contributed by atoms with Crippen molar-refractivity contribution in [2.45, 2.75) is 33.1 Å². The number of hydrogen-bond donors (Lipinski definition) is 0. The van der Waals surface area contributed by atoms with Crippen LogP contribution >= 0.6 is 0 Å².